The minimum absolute atomic E-state index is 0.00544. The number of alkyl halides is 3. The monoisotopic (exact) mass is 404 g/mol. The van der Waals surface area contributed by atoms with Crippen molar-refractivity contribution in [1.29, 1.82) is 0 Å². The number of nitro groups is 1. The molecule has 0 fully saturated rings. The zero-order valence-corrected chi connectivity index (χ0v) is 15.1. The van der Waals surface area contributed by atoms with Gasteiger partial charge >= 0.3 is 12.1 Å². The predicted octanol–water partition coefficient (Wildman–Crippen LogP) is 5.45. The number of esters is 1. The molecule has 9 heteroatoms. The number of carbonyl (C=O) groups excluding carboxylic acids is 1. The highest BCUT2D eigenvalue weighted by Crippen LogP contribution is 2.39. The van der Waals surface area contributed by atoms with E-state index in [1.165, 1.54) is 48.5 Å². The molecular weight excluding hydrogens is 389 g/mol. The van der Waals surface area contributed by atoms with Crippen LogP contribution in [-0.2, 0) is 10.9 Å². The van der Waals surface area contributed by atoms with Gasteiger partial charge in [-0.3, -0.25) is 10.1 Å². The van der Waals surface area contributed by atoms with E-state index in [4.69, 9.17) is 4.74 Å². The van der Waals surface area contributed by atoms with E-state index < -0.39 is 22.6 Å². The number of aromatic amines is 1. The lowest BCUT2D eigenvalue weighted by atomic mass is 10.0. The summed E-state index contributed by atoms with van der Waals surface area (Å²) in [6, 6.07) is 11.7. The van der Waals surface area contributed by atoms with Gasteiger partial charge in [-0.05, 0) is 25.1 Å². The Kier molecular flexibility index (Phi) is 5.40. The fourth-order valence-electron chi connectivity index (χ4n) is 2.99. The number of carbonyl (C=O) groups is 1. The standard InChI is InChI=1S/C20H15F3N2O4/c1-2-29-19(26)14-11-16(12-7-3-5-9-15(12)20(21,22)23)24-18(14)13-8-4-6-10-17(13)25(27)28/h3-11,24H,2H2,1H3. The average molecular weight is 404 g/mol. The fraction of sp³-hybridized carbons (Fsp3) is 0.150. The molecule has 3 aromatic rings. The summed E-state index contributed by atoms with van der Waals surface area (Å²) in [6.45, 7) is 1.61. The molecule has 3 rings (SSSR count). The van der Waals surface area contributed by atoms with Crippen molar-refractivity contribution in [2.45, 2.75) is 13.1 Å². The Balaban J connectivity index is 2.26. The van der Waals surface area contributed by atoms with E-state index in [-0.39, 0.29) is 40.4 Å². The molecule has 0 saturated heterocycles. The number of nitrogens with one attached hydrogen (secondary N) is 1. The van der Waals surface area contributed by atoms with Crippen LogP contribution in [0.5, 0.6) is 0 Å². The second-order valence-corrected chi connectivity index (χ2v) is 6.01. The molecule has 0 unspecified atom stereocenters. The topological polar surface area (TPSA) is 85.2 Å². The zero-order chi connectivity index (χ0) is 21.2. The molecule has 0 bridgehead atoms. The molecule has 2 aromatic carbocycles. The quantitative estimate of drug-likeness (QED) is 0.348. The van der Waals surface area contributed by atoms with Gasteiger partial charge in [-0.15, -0.1) is 0 Å². The van der Waals surface area contributed by atoms with Gasteiger partial charge in [-0.25, -0.2) is 4.79 Å². The van der Waals surface area contributed by atoms with Crippen LogP contribution in [0.1, 0.15) is 22.8 Å². The van der Waals surface area contributed by atoms with Crippen molar-refractivity contribution in [3.05, 3.63) is 75.8 Å². The lowest BCUT2D eigenvalue weighted by molar-refractivity contribution is -0.384. The van der Waals surface area contributed by atoms with Gasteiger partial charge in [0.2, 0.25) is 0 Å². The molecule has 0 aliphatic carbocycles. The summed E-state index contributed by atoms with van der Waals surface area (Å²) < 4.78 is 45.2. The van der Waals surface area contributed by atoms with Crippen molar-refractivity contribution in [3.8, 4) is 22.5 Å². The molecule has 0 atom stereocenters. The van der Waals surface area contributed by atoms with Crippen LogP contribution in [0.2, 0.25) is 0 Å². The van der Waals surface area contributed by atoms with E-state index >= 15 is 0 Å². The maximum Gasteiger partial charge on any atom is 0.417 e. The molecule has 0 amide bonds. The number of rotatable bonds is 5. The highest BCUT2D eigenvalue weighted by molar-refractivity contribution is 5.99. The first kappa shape index (κ1) is 20.1. The Labute approximate surface area is 163 Å². The second-order valence-electron chi connectivity index (χ2n) is 6.01. The summed E-state index contributed by atoms with van der Waals surface area (Å²) in [7, 11) is 0. The number of halogens is 3. The summed E-state index contributed by atoms with van der Waals surface area (Å²) in [5, 5.41) is 11.4. The third-order valence-corrected chi connectivity index (χ3v) is 4.21. The number of hydrogen-bond donors (Lipinski definition) is 1. The second kappa shape index (κ2) is 7.78. The van der Waals surface area contributed by atoms with Crippen LogP contribution < -0.4 is 0 Å². The summed E-state index contributed by atoms with van der Waals surface area (Å²) in [5.41, 5.74) is -1.39. The van der Waals surface area contributed by atoms with Crippen molar-refractivity contribution < 1.29 is 27.6 Å². The van der Waals surface area contributed by atoms with Gasteiger partial charge in [-0.2, -0.15) is 13.2 Å². The van der Waals surface area contributed by atoms with Crippen molar-refractivity contribution in [1.82, 2.24) is 4.98 Å². The van der Waals surface area contributed by atoms with Crippen molar-refractivity contribution in [2.75, 3.05) is 6.61 Å². The van der Waals surface area contributed by atoms with E-state index in [1.807, 2.05) is 0 Å². The number of para-hydroxylation sites is 1. The minimum Gasteiger partial charge on any atom is -0.462 e. The maximum absolute atomic E-state index is 13.4. The summed E-state index contributed by atoms with van der Waals surface area (Å²) >= 11 is 0. The highest BCUT2D eigenvalue weighted by Gasteiger charge is 2.34. The van der Waals surface area contributed by atoms with Crippen molar-refractivity contribution >= 4 is 11.7 Å². The van der Waals surface area contributed by atoms with E-state index in [0.29, 0.717) is 0 Å². The molecule has 0 saturated carbocycles. The van der Waals surface area contributed by atoms with Gasteiger partial charge in [0.15, 0.2) is 0 Å². The molecule has 0 radical (unpaired) electrons. The van der Waals surface area contributed by atoms with Crippen LogP contribution in [0.25, 0.3) is 22.5 Å². The predicted molar refractivity (Wildman–Crippen MR) is 99.3 cm³/mol. The molecule has 1 aromatic heterocycles. The number of H-pyrrole nitrogens is 1. The maximum atomic E-state index is 13.4. The van der Waals surface area contributed by atoms with Gasteiger partial charge < -0.3 is 9.72 Å². The van der Waals surface area contributed by atoms with E-state index in [1.54, 1.807) is 6.92 Å². The first-order chi connectivity index (χ1) is 13.7. The smallest absolute Gasteiger partial charge is 0.417 e. The lowest BCUT2D eigenvalue weighted by Crippen LogP contribution is -2.06. The van der Waals surface area contributed by atoms with Crippen LogP contribution in [0.4, 0.5) is 18.9 Å². The number of aromatic nitrogens is 1. The molecule has 6 nitrogen and oxygen atoms in total. The van der Waals surface area contributed by atoms with Gasteiger partial charge in [0, 0.05) is 17.3 Å². The van der Waals surface area contributed by atoms with Gasteiger partial charge in [0.25, 0.3) is 5.69 Å². The molecule has 1 N–H and O–H groups in total. The Hall–Kier alpha value is -3.62. The Bertz CT molecular complexity index is 1070. The van der Waals surface area contributed by atoms with Gasteiger partial charge in [0.05, 0.1) is 33.9 Å². The first-order valence-electron chi connectivity index (χ1n) is 8.54. The summed E-state index contributed by atoms with van der Waals surface area (Å²) in [4.78, 5) is 25.9. The molecule has 1 heterocycles. The molecular formula is C20H15F3N2O4. The number of nitro benzene ring substituents is 1. The Morgan fingerprint density at radius 2 is 1.72 bits per heavy atom. The summed E-state index contributed by atoms with van der Waals surface area (Å²) in [6.07, 6.45) is -4.62. The van der Waals surface area contributed by atoms with Crippen LogP contribution in [0.3, 0.4) is 0 Å². The van der Waals surface area contributed by atoms with E-state index in [9.17, 15) is 28.1 Å². The molecule has 0 spiro atoms. The van der Waals surface area contributed by atoms with E-state index in [2.05, 4.69) is 4.98 Å². The minimum atomic E-state index is -4.62. The normalized spacial score (nSPS) is 11.3. The van der Waals surface area contributed by atoms with Crippen LogP contribution in [0.15, 0.2) is 54.6 Å². The SMILES string of the molecule is CCOC(=O)c1cc(-c2ccccc2C(F)(F)F)[nH]c1-c1ccccc1[N+](=O)[O-]. The summed E-state index contributed by atoms with van der Waals surface area (Å²) in [5.74, 6) is -0.798. The molecule has 29 heavy (non-hydrogen) atoms. The van der Waals surface area contributed by atoms with Crippen molar-refractivity contribution in [3.63, 3.8) is 0 Å². The average Bonchev–Trinajstić information content (AvgIpc) is 3.13. The van der Waals surface area contributed by atoms with Crippen molar-refractivity contribution in [2.24, 2.45) is 0 Å². The molecule has 0 aliphatic rings. The lowest BCUT2D eigenvalue weighted by Gasteiger charge is -2.11. The number of hydrogen-bond acceptors (Lipinski definition) is 4. The number of ether oxygens (including phenoxy) is 1. The fourth-order valence-corrected chi connectivity index (χ4v) is 2.99. The van der Waals surface area contributed by atoms with Gasteiger partial charge in [-0.1, -0.05) is 30.3 Å². The van der Waals surface area contributed by atoms with Crippen LogP contribution in [-0.4, -0.2) is 22.5 Å². The zero-order valence-electron chi connectivity index (χ0n) is 15.1. The molecule has 0 aliphatic heterocycles. The Morgan fingerprint density at radius 3 is 2.34 bits per heavy atom. The van der Waals surface area contributed by atoms with Crippen LogP contribution >= 0.6 is 0 Å². The third-order valence-electron chi connectivity index (χ3n) is 4.21. The largest absolute Gasteiger partial charge is 0.462 e. The first-order valence-corrected chi connectivity index (χ1v) is 8.54. The van der Waals surface area contributed by atoms with Crippen LogP contribution in [0, 0.1) is 10.1 Å². The number of benzene rings is 2. The highest BCUT2D eigenvalue weighted by atomic mass is 19.4. The van der Waals surface area contributed by atoms with Gasteiger partial charge in [0.1, 0.15) is 0 Å². The molecule has 150 valence electrons. The third kappa shape index (κ3) is 3.98. The van der Waals surface area contributed by atoms with E-state index in [0.717, 1.165) is 6.07 Å². The Morgan fingerprint density at radius 1 is 1.10 bits per heavy atom. The number of nitrogens with zero attached hydrogens (tertiary/aromatic N) is 1.